The molecule has 1 N–H and O–H groups in total. The van der Waals surface area contributed by atoms with Crippen LogP contribution in [-0.4, -0.2) is 10.5 Å². The molecule has 0 atom stereocenters. The lowest BCUT2D eigenvalue weighted by Gasteiger charge is -2.09. The number of anilines is 1. The number of hydrogen-bond donors (Lipinski definition) is 1. The van der Waals surface area contributed by atoms with Crippen LogP contribution in [0, 0.1) is 13.8 Å². The molecule has 2 heterocycles. The highest BCUT2D eigenvalue weighted by Gasteiger charge is 2.24. The molecule has 124 valence electrons. The summed E-state index contributed by atoms with van der Waals surface area (Å²) in [5.74, 6) is -0.0578. The number of carbonyl (C=O) groups excluding carboxylic acids is 1. The van der Waals surface area contributed by atoms with Gasteiger partial charge in [0, 0.05) is 38.4 Å². The van der Waals surface area contributed by atoms with E-state index in [0.717, 1.165) is 38.4 Å². The summed E-state index contributed by atoms with van der Waals surface area (Å²) in [5.41, 5.74) is 6.93. The lowest BCUT2D eigenvalue weighted by Crippen LogP contribution is -2.03. The summed E-state index contributed by atoms with van der Waals surface area (Å²) in [6.07, 6.45) is 1.98. The number of carbonyl (C=O) groups is 1. The van der Waals surface area contributed by atoms with Crippen molar-refractivity contribution >= 4 is 39.2 Å². The third kappa shape index (κ3) is 2.72. The largest absolute Gasteiger partial charge is 0.321 e. The van der Waals surface area contributed by atoms with Crippen molar-refractivity contribution in [2.45, 2.75) is 13.8 Å². The van der Waals surface area contributed by atoms with Gasteiger partial charge in [0.25, 0.3) is 5.91 Å². The molecule has 2 aromatic carbocycles. The second-order valence-corrected chi connectivity index (χ2v) is 7.12. The van der Waals surface area contributed by atoms with Crippen LogP contribution < -0.4 is 5.32 Å². The van der Waals surface area contributed by atoms with Crippen molar-refractivity contribution in [2.24, 2.45) is 0 Å². The van der Waals surface area contributed by atoms with Crippen molar-refractivity contribution in [1.82, 2.24) is 4.57 Å². The van der Waals surface area contributed by atoms with Gasteiger partial charge >= 0.3 is 0 Å². The average Bonchev–Trinajstić information content (AvgIpc) is 3.05. The molecule has 4 rings (SSSR count). The molecule has 0 radical (unpaired) electrons. The quantitative estimate of drug-likeness (QED) is 0.586. The monoisotopic (exact) mass is 392 g/mol. The Balaban J connectivity index is 1.84. The second kappa shape index (κ2) is 6.05. The fourth-order valence-electron chi connectivity index (χ4n) is 3.37. The van der Waals surface area contributed by atoms with E-state index in [4.69, 9.17) is 0 Å². The fraction of sp³-hybridized carbons (Fsp3) is 0.0952. The van der Waals surface area contributed by atoms with E-state index in [1.807, 2.05) is 42.5 Å². The zero-order valence-electron chi connectivity index (χ0n) is 14.0. The highest BCUT2D eigenvalue weighted by atomic mass is 79.9. The molecule has 1 aliphatic heterocycles. The fourth-order valence-corrected chi connectivity index (χ4v) is 3.73. The molecule has 4 heteroatoms. The first-order chi connectivity index (χ1) is 12.0. The first-order valence-corrected chi connectivity index (χ1v) is 8.91. The third-order valence-corrected chi connectivity index (χ3v) is 5.04. The van der Waals surface area contributed by atoms with Gasteiger partial charge in [0.1, 0.15) is 0 Å². The third-order valence-electron chi connectivity index (χ3n) is 4.55. The molecule has 0 bridgehead atoms. The molecule has 0 aliphatic carbocycles. The van der Waals surface area contributed by atoms with Crippen LogP contribution in [0.1, 0.15) is 22.5 Å². The van der Waals surface area contributed by atoms with Gasteiger partial charge in [0.15, 0.2) is 0 Å². The van der Waals surface area contributed by atoms with Crippen LogP contribution in [0.5, 0.6) is 0 Å². The minimum Gasteiger partial charge on any atom is -0.321 e. The predicted molar refractivity (Wildman–Crippen MR) is 106 cm³/mol. The van der Waals surface area contributed by atoms with Crippen molar-refractivity contribution in [2.75, 3.05) is 5.32 Å². The van der Waals surface area contributed by atoms with Crippen molar-refractivity contribution in [3.8, 4) is 5.69 Å². The molecule has 3 nitrogen and oxygen atoms in total. The number of fused-ring (bicyclic) bond motifs is 1. The van der Waals surface area contributed by atoms with Gasteiger partial charge in [-0.25, -0.2) is 0 Å². The molecule has 3 aromatic rings. The van der Waals surface area contributed by atoms with Crippen molar-refractivity contribution in [1.29, 1.82) is 0 Å². The molecular formula is C21H17BrN2O. The van der Waals surface area contributed by atoms with Crippen LogP contribution in [0.15, 0.2) is 59.1 Å². The maximum Gasteiger partial charge on any atom is 0.256 e. The average molecular weight is 393 g/mol. The number of halogens is 1. The second-order valence-electron chi connectivity index (χ2n) is 6.20. The minimum atomic E-state index is -0.0578. The Morgan fingerprint density at radius 1 is 1.04 bits per heavy atom. The van der Waals surface area contributed by atoms with Crippen molar-refractivity contribution < 1.29 is 4.79 Å². The lowest BCUT2D eigenvalue weighted by atomic mass is 10.0. The number of nitrogens with one attached hydrogen (secondary N) is 1. The van der Waals surface area contributed by atoms with E-state index < -0.39 is 0 Å². The van der Waals surface area contributed by atoms with Crippen LogP contribution in [0.2, 0.25) is 0 Å². The molecule has 0 saturated heterocycles. The summed E-state index contributed by atoms with van der Waals surface area (Å²) in [6.45, 7) is 4.17. The van der Waals surface area contributed by atoms with E-state index in [1.54, 1.807) is 0 Å². The van der Waals surface area contributed by atoms with E-state index in [2.05, 4.69) is 57.9 Å². The summed E-state index contributed by atoms with van der Waals surface area (Å²) < 4.78 is 3.17. The van der Waals surface area contributed by atoms with Gasteiger partial charge in [-0.2, -0.15) is 0 Å². The predicted octanol–water partition coefficient (Wildman–Crippen LogP) is 5.35. The molecule has 0 fully saturated rings. The summed E-state index contributed by atoms with van der Waals surface area (Å²) in [6, 6.07) is 18.2. The first kappa shape index (κ1) is 15.9. The zero-order chi connectivity index (χ0) is 17.6. The van der Waals surface area contributed by atoms with Gasteiger partial charge in [0.05, 0.1) is 0 Å². The maximum absolute atomic E-state index is 12.4. The number of rotatable bonds is 2. The van der Waals surface area contributed by atoms with E-state index >= 15 is 0 Å². The smallest absolute Gasteiger partial charge is 0.256 e. The Labute approximate surface area is 155 Å². The Bertz CT molecular complexity index is 1020. The van der Waals surface area contributed by atoms with Gasteiger partial charge in [-0.3, -0.25) is 4.79 Å². The standard InChI is InChI=1S/C21H17BrN2O/c1-13-10-15(14(2)24(13)17-6-4-3-5-7-17)11-19-18-12-16(22)8-9-20(18)23-21(19)25/h3-12H,1-2H3,(H,23,25). The van der Waals surface area contributed by atoms with Gasteiger partial charge in [-0.05, 0) is 61.9 Å². The van der Waals surface area contributed by atoms with Crippen LogP contribution >= 0.6 is 15.9 Å². The highest BCUT2D eigenvalue weighted by Crippen LogP contribution is 2.36. The number of aryl methyl sites for hydroxylation is 1. The lowest BCUT2D eigenvalue weighted by molar-refractivity contribution is -0.110. The molecule has 25 heavy (non-hydrogen) atoms. The summed E-state index contributed by atoms with van der Waals surface area (Å²) in [5, 5.41) is 2.93. The SMILES string of the molecule is Cc1cc(C=C2C(=O)Nc3ccc(Br)cc32)c(C)n1-c1ccccc1. The summed E-state index contributed by atoms with van der Waals surface area (Å²) in [4.78, 5) is 12.4. The number of nitrogens with zero attached hydrogens (tertiary/aromatic N) is 1. The Kier molecular flexibility index (Phi) is 3.85. The molecule has 0 spiro atoms. The molecule has 1 aromatic heterocycles. The van der Waals surface area contributed by atoms with Crippen molar-refractivity contribution in [3.05, 3.63) is 81.6 Å². The Morgan fingerprint density at radius 2 is 1.80 bits per heavy atom. The van der Waals surface area contributed by atoms with Gasteiger partial charge in [-0.15, -0.1) is 0 Å². The Hall–Kier alpha value is -2.59. The van der Waals surface area contributed by atoms with Gasteiger partial charge in [-0.1, -0.05) is 34.1 Å². The van der Waals surface area contributed by atoms with Crippen LogP contribution in [-0.2, 0) is 4.79 Å². The number of hydrogen-bond acceptors (Lipinski definition) is 1. The number of para-hydroxylation sites is 1. The molecular weight excluding hydrogens is 376 g/mol. The summed E-state index contributed by atoms with van der Waals surface area (Å²) in [7, 11) is 0. The number of amides is 1. The first-order valence-electron chi connectivity index (χ1n) is 8.12. The van der Waals surface area contributed by atoms with Crippen molar-refractivity contribution in [3.63, 3.8) is 0 Å². The van der Waals surface area contributed by atoms with Gasteiger partial charge < -0.3 is 9.88 Å². The van der Waals surface area contributed by atoms with E-state index in [9.17, 15) is 4.79 Å². The topological polar surface area (TPSA) is 34.0 Å². The van der Waals surface area contributed by atoms with E-state index in [-0.39, 0.29) is 5.91 Å². The number of aromatic nitrogens is 1. The van der Waals surface area contributed by atoms with Crippen LogP contribution in [0.4, 0.5) is 5.69 Å². The zero-order valence-corrected chi connectivity index (χ0v) is 15.6. The number of benzene rings is 2. The Morgan fingerprint density at radius 3 is 2.56 bits per heavy atom. The maximum atomic E-state index is 12.4. The molecule has 1 amide bonds. The van der Waals surface area contributed by atoms with E-state index in [1.165, 1.54) is 0 Å². The minimum absolute atomic E-state index is 0.0578. The van der Waals surface area contributed by atoms with Crippen LogP contribution in [0.3, 0.4) is 0 Å². The van der Waals surface area contributed by atoms with Gasteiger partial charge in [0.2, 0.25) is 0 Å². The normalized spacial score (nSPS) is 14.7. The molecule has 1 aliphatic rings. The summed E-state index contributed by atoms with van der Waals surface area (Å²) >= 11 is 3.49. The molecule has 0 unspecified atom stereocenters. The van der Waals surface area contributed by atoms with Crippen LogP contribution in [0.25, 0.3) is 17.3 Å². The molecule has 0 saturated carbocycles. The van der Waals surface area contributed by atoms with E-state index in [0.29, 0.717) is 5.57 Å². The highest BCUT2D eigenvalue weighted by molar-refractivity contribution is 9.10.